The predicted octanol–water partition coefficient (Wildman–Crippen LogP) is 1.07. The molecular weight excluding hydrogens is 238 g/mol. The molecule has 19 heavy (non-hydrogen) atoms. The summed E-state index contributed by atoms with van der Waals surface area (Å²) in [5, 5.41) is 3.38. The summed E-state index contributed by atoms with van der Waals surface area (Å²) in [5.74, 6) is 1.12. The first-order valence-electron chi connectivity index (χ1n) is 7.98. The van der Waals surface area contributed by atoms with Crippen molar-refractivity contribution in [2.24, 2.45) is 5.92 Å². The van der Waals surface area contributed by atoms with Gasteiger partial charge in [-0.15, -0.1) is 0 Å². The molecule has 3 saturated heterocycles. The minimum atomic E-state index is 0.394. The van der Waals surface area contributed by atoms with Crippen molar-refractivity contribution < 1.29 is 4.79 Å². The Morgan fingerprint density at radius 1 is 1.32 bits per heavy atom. The topological polar surface area (TPSA) is 35.6 Å². The zero-order valence-electron chi connectivity index (χ0n) is 12.1. The summed E-state index contributed by atoms with van der Waals surface area (Å²) < 4.78 is 0. The lowest BCUT2D eigenvalue weighted by Crippen LogP contribution is -2.56. The molecular formula is C15H27N3O. The van der Waals surface area contributed by atoms with E-state index in [-0.39, 0.29) is 0 Å². The van der Waals surface area contributed by atoms with Gasteiger partial charge in [-0.25, -0.2) is 0 Å². The first-order valence-corrected chi connectivity index (χ1v) is 7.98. The van der Waals surface area contributed by atoms with Crippen LogP contribution in [0.25, 0.3) is 0 Å². The highest BCUT2D eigenvalue weighted by Crippen LogP contribution is 2.25. The lowest BCUT2D eigenvalue weighted by Gasteiger charge is -2.42. The molecule has 0 bridgehead atoms. The van der Waals surface area contributed by atoms with E-state index in [1.807, 2.05) is 0 Å². The molecule has 3 rings (SSSR count). The monoisotopic (exact) mass is 265 g/mol. The van der Waals surface area contributed by atoms with Crippen LogP contribution in [0.2, 0.25) is 0 Å². The molecule has 0 spiro atoms. The van der Waals surface area contributed by atoms with Crippen molar-refractivity contribution in [2.45, 2.75) is 51.1 Å². The number of rotatable bonds is 3. The Labute approximate surface area is 116 Å². The number of carbonyl (C=O) groups is 1. The van der Waals surface area contributed by atoms with Crippen LogP contribution < -0.4 is 5.32 Å². The van der Waals surface area contributed by atoms with Crippen LogP contribution >= 0.6 is 0 Å². The summed E-state index contributed by atoms with van der Waals surface area (Å²) in [7, 11) is 0. The molecule has 1 N–H and O–H groups in total. The molecule has 1 amide bonds. The largest absolute Gasteiger partial charge is 0.337 e. The average molecular weight is 265 g/mol. The summed E-state index contributed by atoms with van der Waals surface area (Å²) >= 11 is 0. The molecule has 3 fully saturated rings. The predicted molar refractivity (Wildman–Crippen MR) is 76.0 cm³/mol. The quantitative estimate of drug-likeness (QED) is 0.829. The van der Waals surface area contributed by atoms with E-state index in [1.165, 1.54) is 25.8 Å². The van der Waals surface area contributed by atoms with E-state index in [1.54, 1.807) is 0 Å². The van der Waals surface area contributed by atoms with Gasteiger partial charge in [-0.3, -0.25) is 9.69 Å². The molecule has 0 saturated carbocycles. The highest BCUT2D eigenvalue weighted by Gasteiger charge is 2.36. The Balaban J connectivity index is 1.50. The molecule has 4 heteroatoms. The van der Waals surface area contributed by atoms with E-state index >= 15 is 0 Å². The van der Waals surface area contributed by atoms with Gasteiger partial charge in [-0.05, 0) is 58.2 Å². The minimum Gasteiger partial charge on any atom is -0.337 e. The lowest BCUT2D eigenvalue weighted by molar-refractivity contribution is -0.137. The van der Waals surface area contributed by atoms with E-state index < -0.39 is 0 Å². The van der Waals surface area contributed by atoms with E-state index in [2.05, 4.69) is 22.0 Å². The summed E-state index contributed by atoms with van der Waals surface area (Å²) in [6, 6.07) is 1.05. The third-order valence-corrected chi connectivity index (χ3v) is 5.19. The molecule has 108 valence electrons. The Morgan fingerprint density at radius 3 is 3.00 bits per heavy atom. The van der Waals surface area contributed by atoms with Crippen molar-refractivity contribution in [3.63, 3.8) is 0 Å². The first-order chi connectivity index (χ1) is 9.24. The molecule has 0 radical (unpaired) electrons. The third-order valence-electron chi connectivity index (χ3n) is 5.19. The molecule has 3 heterocycles. The Morgan fingerprint density at radius 2 is 2.21 bits per heavy atom. The van der Waals surface area contributed by atoms with Crippen LogP contribution in [0, 0.1) is 5.92 Å². The molecule has 0 aliphatic carbocycles. The van der Waals surface area contributed by atoms with Crippen molar-refractivity contribution >= 4 is 5.91 Å². The molecule has 3 unspecified atom stereocenters. The molecule has 3 aliphatic heterocycles. The Hall–Kier alpha value is -0.610. The first kappa shape index (κ1) is 13.4. The van der Waals surface area contributed by atoms with Crippen molar-refractivity contribution in [3.8, 4) is 0 Å². The van der Waals surface area contributed by atoms with Gasteiger partial charge in [0, 0.05) is 31.6 Å². The molecule has 3 atom stereocenters. The highest BCUT2D eigenvalue weighted by molar-refractivity contribution is 5.76. The van der Waals surface area contributed by atoms with Gasteiger partial charge in [0.1, 0.15) is 0 Å². The standard InChI is InChI=1S/C15H27N3O/c1-12-10-17-8-2-3-14(17)11-18(12)15(19)5-4-13-6-7-16-9-13/h12-14,16H,2-11H2,1H3. The van der Waals surface area contributed by atoms with Crippen LogP contribution in [0.1, 0.15) is 39.0 Å². The maximum atomic E-state index is 12.4. The smallest absolute Gasteiger partial charge is 0.222 e. The van der Waals surface area contributed by atoms with E-state index in [0.29, 0.717) is 18.0 Å². The maximum absolute atomic E-state index is 12.4. The number of hydrogen-bond acceptors (Lipinski definition) is 3. The van der Waals surface area contributed by atoms with Gasteiger partial charge < -0.3 is 10.2 Å². The third kappa shape index (κ3) is 2.95. The van der Waals surface area contributed by atoms with Crippen molar-refractivity contribution in [1.82, 2.24) is 15.1 Å². The number of carbonyl (C=O) groups excluding carboxylic acids is 1. The van der Waals surface area contributed by atoms with E-state index in [0.717, 1.165) is 44.9 Å². The van der Waals surface area contributed by atoms with Crippen molar-refractivity contribution in [3.05, 3.63) is 0 Å². The fourth-order valence-electron chi connectivity index (χ4n) is 3.97. The summed E-state index contributed by atoms with van der Waals surface area (Å²) in [4.78, 5) is 17.2. The SMILES string of the molecule is CC1CN2CCCC2CN1C(=O)CCC1CCNC1. The molecule has 4 nitrogen and oxygen atoms in total. The number of amides is 1. The van der Waals surface area contributed by atoms with Crippen molar-refractivity contribution in [2.75, 3.05) is 32.7 Å². The minimum absolute atomic E-state index is 0.394. The number of nitrogens with one attached hydrogen (secondary N) is 1. The molecule has 3 aliphatic rings. The fraction of sp³-hybridized carbons (Fsp3) is 0.933. The van der Waals surface area contributed by atoms with Gasteiger partial charge in [0.15, 0.2) is 0 Å². The highest BCUT2D eigenvalue weighted by atomic mass is 16.2. The average Bonchev–Trinajstić information content (AvgIpc) is 3.05. The number of piperazine rings is 1. The second-order valence-electron chi connectivity index (χ2n) is 6.58. The van der Waals surface area contributed by atoms with Crippen LogP contribution in [0.3, 0.4) is 0 Å². The number of nitrogens with zero attached hydrogens (tertiary/aromatic N) is 2. The van der Waals surface area contributed by atoms with Crippen LogP contribution in [-0.4, -0.2) is 60.5 Å². The van der Waals surface area contributed by atoms with Crippen LogP contribution in [-0.2, 0) is 4.79 Å². The number of fused-ring (bicyclic) bond motifs is 1. The van der Waals surface area contributed by atoms with Crippen LogP contribution in [0.4, 0.5) is 0 Å². The van der Waals surface area contributed by atoms with Crippen LogP contribution in [0.5, 0.6) is 0 Å². The Bertz CT molecular complexity index is 327. The van der Waals surface area contributed by atoms with Gasteiger partial charge in [0.2, 0.25) is 5.91 Å². The second-order valence-corrected chi connectivity index (χ2v) is 6.58. The second kappa shape index (κ2) is 5.80. The lowest BCUT2D eigenvalue weighted by atomic mass is 10.0. The normalized spacial score (nSPS) is 35.6. The van der Waals surface area contributed by atoms with Gasteiger partial charge in [0.25, 0.3) is 0 Å². The fourth-order valence-corrected chi connectivity index (χ4v) is 3.97. The van der Waals surface area contributed by atoms with Gasteiger partial charge in [0.05, 0.1) is 0 Å². The molecule has 0 aromatic rings. The maximum Gasteiger partial charge on any atom is 0.222 e. The summed E-state index contributed by atoms with van der Waals surface area (Å²) in [5.41, 5.74) is 0. The molecule has 0 aromatic carbocycles. The Kier molecular flexibility index (Phi) is 4.08. The van der Waals surface area contributed by atoms with Gasteiger partial charge in [-0.1, -0.05) is 0 Å². The zero-order valence-corrected chi connectivity index (χ0v) is 12.1. The van der Waals surface area contributed by atoms with E-state index in [4.69, 9.17) is 0 Å². The van der Waals surface area contributed by atoms with Crippen molar-refractivity contribution in [1.29, 1.82) is 0 Å². The zero-order chi connectivity index (χ0) is 13.2. The van der Waals surface area contributed by atoms with Crippen LogP contribution in [0.15, 0.2) is 0 Å². The summed E-state index contributed by atoms with van der Waals surface area (Å²) in [6.07, 6.45) is 5.67. The summed E-state index contributed by atoms with van der Waals surface area (Å²) in [6.45, 7) is 7.76. The molecule has 0 aromatic heterocycles. The number of hydrogen-bond donors (Lipinski definition) is 1. The van der Waals surface area contributed by atoms with Gasteiger partial charge in [-0.2, -0.15) is 0 Å². The van der Waals surface area contributed by atoms with E-state index in [9.17, 15) is 4.79 Å². The van der Waals surface area contributed by atoms with Gasteiger partial charge >= 0.3 is 0 Å².